The van der Waals surface area contributed by atoms with Gasteiger partial charge in [-0.2, -0.15) is 0 Å². The fourth-order valence-corrected chi connectivity index (χ4v) is 1.65. The number of rotatable bonds is 5. The zero-order valence-electron chi connectivity index (χ0n) is 10.4. The number of nitrogens with one attached hydrogen (secondary N) is 2. The van der Waals surface area contributed by atoms with Crippen LogP contribution in [0.1, 0.15) is 29.6 Å². The predicted molar refractivity (Wildman–Crippen MR) is 68.9 cm³/mol. The number of halogens is 1. The van der Waals surface area contributed by atoms with Crippen molar-refractivity contribution in [3.05, 3.63) is 29.6 Å². The zero-order chi connectivity index (χ0) is 13.8. The van der Waals surface area contributed by atoms with E-state index < -0.39 is 11.7 Å². The highest BCUT2D eigenvalue weighted by Crippen LogP contribution is 2.18. The summed E-state index contributed by atoms with van der Waals surface area (Å²) in [6.45, 7) is 0.202. The molecule has 1 fully saturated rings. The number of carbonyl (C=O) groups is 2. The Balaban J connectivity index is 1.80. The SMILES string of the molecule is Nc1c(F)cccc1C(=O)NCCC(=O)NC1CC1. The first-order valence-corrected chi connectivity index (χ1v) is 6.19. The van der Waals surface area contributed by atoms with Crippen molar-refractivity contribution in [2.24, 2.45) is 0 Å². The van der Waals surface area contributed by atoms with Crippen LogP contribution in [-0.4, -0.2) is 24.4 Å². The Kier molecular flexibility index (Phi) is 3.99. The quantitative estimate of drug-likeness (QED) is 0.689. The van der Waals surface area contributed by atoms with Gasteiger partial charge in [-0.15, -0.1) is 0 Å². The summed E-state index contributed by atoms with van der Waals surface area (Å²) < 4.78 is 13.2. The number of anilines is 1. The lowest BCUT2D eigenvalue weighted by Crippen LogP contribution is -2.32. The molecule has 1 aliphatic rings. The molecule has 19 heavy (non-hydrogen) atoms. The van der Waals surface area contributed by atoms with Crippen LogP contribution >= 0.6 is 0 Å². The third kappa shape index (κ3) is 3.67. The monoisotopic (exact) mass is 265 g/mol. The molecule has 0 heterocycles. The number of carbonyl (C=O) groups excluding carboxylic acids is 2. The molecule has 1 aromatic carbocycles. The first kappa shape index (κ1) is 13.3. The number of benzene rings is 1. The molecule has 1 saturated carbocycles. The Morgan fingerprint density at radius 2 is 2.11 bits per heavy atom. The van der Waals surface area contributed by atoms with Crippen LogP contribution in [0.4, 0.5) is 10.1 Å². The molecular formula is C13H16FN3O2. The van der Waals surface area contributed by atoms with Crippen LogP contribution in [0.5, 0.6) is 0 Å². The zero-order valence-corrected chi connectivity index (χ0v) is 10.4. The Morgan fingerprint density at radius 1 is 1.37 bits per heavy atom. The summed E-state index contributed by atoms with van der Waals surface area (Å²) in [5.41, 5.74) is 5.38. The average molecular weight is 265 g/mol. The lowest BCUT2D eigenvalue weighted by atomic mass is 10.1. The van der Waals surface area contributed by atoms with E-state index >= 15 is 0 Å². The molecule has 0 spiro atoms. The number of hydrogen-bond acceptors (Lipinski definition) is 3. The van der Waals surface area contributed by atoms with E-state index in [2.05, 4.69) is 10.6 Å². The fraction of sp³-hybridized carbons (Fsp3) is 0.385. The van der Waals surface area contributed by atoms with Crippen molar-refractivity contribution < 1.29 is 14.0 Å². The molecule has 1 aliphatic carbocycles. The minimum absolute atomic E-state index is 0.0857. The summed E-state index contributed by atoms with van der Waals surface area (Å²) in [7, 11) is 0. The molecule has 0 atom stereocenters. The van der Waals surface area contributed by atoms with E-state index in [1.165, 1.54) is 18.2 Å². The van der Waals surface area contributed by atoms with Gasteiger partial charge >= 0.3 is 0 Å². The molecule has 0 bridgehead atoms. The first-order valence-electron chi connectivity index (χ1n) is 6.19. The maximum Gasteiger partial charge on any atom is 0.253 e. The van der Waals surface area contributed by atoms with Gasteiger partial charge in [0.25, 0.3) is 5.91 Å². The third-order valence-electron chi connectivity index (χ3n) is 2.88. The molecule has 0 saturated heterocycles. The minimum atomic E-state index is -0.626. The molecule has 5 nitrogen and oxygen atoms in total. The van der Waals surface area contributed by atoms with Crippen LogP contribution in [0.2, 0.25) is 0 Å². The van der Waals surface area contributed by atoms with Crippen molar-refractivity contribution in [2.45, 2.75) is 25.3 Å². The Morgan fingerprint density at radius 3 is 2.79 bits per heavy atom. The van der Waals surface area contributed by atoms with Gasteiger partial charge in [-0.05, 0) is 25.0 Å². The van der Waals surface area contributed by atoms with E-state index in [0.717, 1.165) is 12.8 Å². The Labute approximate surface area is 110 Å². The van der Waals surface area contributed by atoms with Gasteiger partial charge in [0.15, 0.2) is 0 Å². The van der Waals surface area contributed by atoms with Gasteiger partial charge in [0.2, 0.25) is 5.91 Å². The third-order valence-corrected chi connectivity index (χ3v) is 2.88. The highest BCUT2D eigenvalue weighted by atomic mass is 19.1. The molecule has 2 amide bonds. The maximum atomic E-state index is 13.2. The van der Waals surface area contributed by atoms with Gasteiger partial charge in [0.05, 0.1) is 11.3 Å². The van der Waals surface area contributed by atoms with Crippen LogP contribution in [0, 0.1) is 5.82 Å². The summed E-state index contributed by atoms with van der Waals surface area (Å²) in [5.74, 6) is -1.19. The number of amides is 2. The van der Waals surface area contributed by atoms with Crippen molar-refractivity contribution in [2.75, 3.05) is 12.3 Å². The maximum absolute atomic E-state index is 13.2. The second-order valence-electron chi connectivity index (χ2n) is 4.55. The number of para-hydroxylation sites is 1. The lowest BCUT2D eigenvalue weighted by molar-refractivity contribution is -0.121. The standard InChI is InChI=1S/C13H16FN3O2/c14-10-3-1-2-9(12(10)15)13(19)16-7-6-11(18)17-8-4-5-8/h1-3,8H,4-7,15H2,(H,16,19)(H,17,18). The van der Waals surface area contributed by atoms with Gasteiger partial charge in [0.1, 0.15) is 5.82 Å². The number of nitrogen functional groups attached to an aromatic ring is 1. The molecule has 4 N–H and O–H groups in total. The summed E-state index contributed by atoms with van der Waals surface area (Å²) in [6.07, 6.45) is 2.26. The summed E-state index contributed by atoms with van der Waals surface area (Å²) >= 11 is 0. The molecule has 0 radical (unpaired) electrons. The normalized spacial score (nSPS) is 13.9. The van der Waals surface area contributed by atoms with E-state index in [1.807, 2.05) is 0 Å². The average Bonchev–Trinajstić information content (AvgIpc) is 3.16. The first-order chi connectivity index (χ1) is 9.08. The predicted octanol–water partition coefficient (Wildman–Crippen LogP) is 0.806. The number of nitrogens with two attached hydrogens (primary N) is 1. The van der Waals surface area contributed by atoms with E-state index in [1.54, 1.807) is 0 Å². The van der Waals surface area contributed by atoms with Crippen LogP contribution < -0.4 is 16.4 Å². The van der Waals surface area contributed by atoms with Crippen molar-refractivity contribution in [3.63, 3.8) is 0 Å². The summed E-state index contributed by atoms with van der Waals surface area (Å²) in [4.78, 5) is 23.1. The molecule has 102 valence electrons. The van der Waals surface area contributed by atoms with E-state index in [0.29, 0.717) is 6.04 Å². The summed E-state index contributed by atoms with van der Waals surface area (Å²) in [5, 5.41) is 5.36. The van der Waals surface area contributed by atoms with Crippen LogP contribution in [0.15, 0.2) is 18.2 Å². The topological polar surface area (TPSA) is 84.2 Å². The highest BCUT2D eigenvalue weighted by Gasteiger charge is 2.22. The van der Waals surface area contributed by atoms with Crippen molar-refractivity contribution in [3.8, 4) is 0 Å². The molecule has 0 aromatic heterocycles. The van der Waals surface area contributed by atoms with E-state index in [-0.39, 0.29) is 30.1 Å². The number of hydrogen-bond donors (Lipinski definition) is 3. The minimum Gasteiger partial charge on any atom is -0.396 e. The molecule has 6 heteroatoms. The van der Waals surface area contributed by atoms with Crippen molar-refractivity contribution in [1.82, 2.24) is 10.6 Å². The fourth-order valence-electron chi connectivity index (χ4n) is 1.65. The van der Waals surface area contributed by atoms with Gasteiger partial charge in [-0.3, -0.25) is 9.59 Å². The van der Waals surface area contributed by atoms with Crippen molar-refractivity contribution >= 4 is 17.5 Å². The molecule has 0 aliphatic heterocycles. The van der Waals surface area contributed by atoms with Crippen molar-refractivity contribution in [1.29, 1.82) is 0 Å². The van der Waals surface area contributed by atoms with Crippen LogP contribution in [0.25, 0.3) is 0 Å². The Bertz CT molecular complexity index is 501. The molecule has 1 aromatic rings. The lowest BCUT2D eigenvalue weighted by Gasteiger charge is -2.08. The molecular weight excluding hydrogens is 249 g/mol. The smallest absolute Gasteiger partial charge is 0.253 e. The van der Waals surface area contributed by atoms with Gasteiger partial charge < -0.3 is 16.4 Å². The van der Waals surface area contributed by atoms with E-state index in [4.69, 9.17) is 5.73 Å². The van der Waals surface area contributed by atoms with Crippen LogP contribution in [-0.2, 0) is 4.79 Å². The summed E-state index contributed by atoms with van der Waals surface area (Å²) in [6, 6.07) is 4.36. The second kappa shape index (κ2) is 5.69. The van der Waals surface area contributed by atoms with Gasteiger partial charge in [0, 0.05) is 19.0 Å². The molecule has 0 unspecified atom stereocenters. The molecule has 2 rings (SSSR count). The van der Waals surface area contributed by atoms with Gasteiger partial charge in [-0.25, -0.2) is 4.39 Å². The van der Waals surface area contributed by atoms with Crippen LogP contribution in [0.3, 0.4) is 0 Å². The largest absolute Gasteiger partial charge is 0.396 e. The highest BCUT2D eigenvalue weighted by molar-refractivity contribution is 5.99. The van der Waals surface area contributed by atoms with E-state index in [9.17, 15) is 14.0 Å². The van der Waals surface area contributed by atoms with Gasteiger partial charge in [-0.1, -0.05) is 6.07 Å². The Hall–Kier alpha value is -2.11. The second-order valence-corrected chi connectivity index (χ2v) is 4.55.